The van der Waals surface area contributed by atoms with Crippen LogP contribution < -0.4 is 4.74 Å². The van der Waals surface area contributed by atoms with Crippen molar-refractivity contribution in [1.82, 2.24) is 14.5 Å². The maximum absolute atomic E-state index is 14.3. The summed E-state index contributed by atoms with van der Waals surface area (Å²) in [6.45, 7) is -0.331. The summed E-state index contributed by atoms with van der Waals surface area (Å²) in [5, 5.41) is 9.02. The predicted octanol–water partition coefficient (Wildman–Crippen LogP) is 3.52. The highest BCUT2D eigenvalue weighted by atomic mass is 32.2. The molecule has 1 aliphatic rings. The van der Waals surface area contributed by atoms with E-state index in [2.05, 4.69) is 4.98 Å². The zero-order valence-corrected chi connectivity index (χ0v) is 17.9. The Morgan fingerprint density at radius 1 is 1.32 bits per heavy atom. The number of carbonyl (C=O) groups is 2. The molecule has 3 aromatic rings. The first-order valence-corrected chi connectivity index (χ1v) is 10.3. The molecular formula is C21H16FN3O4S2. The highest BCUT2D eigenvalue weighted by molar-refractivity contribution is 8.26. The van der Waals surface area contributed by atoms with Gasteiger partial charge in [0, 0.05) is 17.7 Å². The van der Waals surface area contributed by atoms with Gasteiger partial charge in [0.2, 0.25) is 0 Å². The number of methoxy groups -OCH3 is 1. The minimum atomic E-state index is -1.16. The number of carbonyl (C=O) groups excluding carboxylic acids is 1. The molecule has 0 saturated carbocycles. The number of carboxylic acid groups (broad SMARTS) is 1. The maximum Gasteiger partial charge on any atom is 0.323 e. The van der Waals surface area contributed by atoms with Crippen molar-refractivity contribution in [3.63, 3.8) is 0 Å². The molecule has 1 N–H and O–H groups in total. The first-order chi connectivity index (χ1) is 14.9. The Morgan fingerprint density at radius 2 is 2.10 bits per heavy atom. The Labute approximate surface area is 186 Å². The average Bonchev–Trinajstić information content (AvgIpc) is 3.20. The van der Waals surface area contributed by atoms with Crippen molar-refractivity contribution in [2.24, 2.45) is 0 Å². The fraction of sp³-hybridized carbons (Fsp3) is 0.143. The van der Waals surface area contributed by atoms with Crippen LogP contribution in [0.2, 0.25) is 0 Å². The fourth-order valence-electron chi connectivity index (χ4n) is 3.21. The molecule has 2 heterocycles. The van der Waals surface area contributed by atoms with E-state index in [1.807, 2.05) is 0 Å². The molecule has 0 bridgehead atoms. The molecule has 0 unspecified atom stereocenters. The van der Waals surface area contributed by atoms with Crippen LogP contribution in [0.1, 0.15) is 11.4 Å². The molecule has 0 atom stereocenters. The smallest absolute Gasteiger partial charge is 0.323 e. The topological polar surface area (TPSA) is 84.7 Å². The van der Waals surface area contributed by atoms with Crippen molar-refractivity contribution in [3.8, 4) is 5.75 Å². The van der Waals surface area contributed by atoms with E-state index in [0.717, 1.165) is 16.7 Å². The van der Waals surface area contributed by atoms with Gasteiger partial charge in [0.05, 0.1) is 29.6 Å². The molecule has 0 aliphatic carbocycles. The summed E-state index contributed by atoms with van der Waals surface area (Å²) < 4.78 is 21.6. The first kappa shape index (κ1) is 21.0. The van der Waals surface area contributed by atoms with Gasteiger partial charge in [-0.05, 0) is 18.2 Å². The number of hydrogen-bond donors (Lipinski definition) is 1. The summed E-state index contributed by atoms with van der Waals surface area (Å²) in [4.78, 5) is 29.6. The number of ether oxygens (including phenoxy) is 1. The zero-order valence-electron chi connectivity index (χ0n) is 16.2. The van der Waals surface area contributed by atoms with Gasteiger partial charge in [-0.1, -0.05) is 42.2 Å². The van der Waals surface area contributed by atoms with E-state index >= 15 is 0 Å². The van der Waals surface area contributed by atoms with Crippen LogP contribution in [0.15, 0.2) is 47.4 Å². The monoisotopic (exact) mass is 457 g/mol. The van der Waals surface area contributed by atoms with E-state index < -0.39 is 18.4 Å². The van der Waals surface area contributed by atoms with Gasteiger partial charge in [-0.2, -0.15) is 0 Å². The predicted molar refractivity (Wildman–Crippen MR) is 119 cm³/mol. The molecule has 0 radical (unpaired) electrons. The second-order valence-electron chi connectivity index (χ2n) is 6.66. The average molecular weight is 458 g/mol. The van der Waals surface area contributed by atoms with Crippen LogP contribution in [0.5, 0.6) is 5.75 Å². The number of thioether (sulfide) groups is 1. The Kier molecular flexibility index (Phi) is 5.75. The maximum atomic E-state index is 14.3. The molecule has 1 aliphatic heterocycles. The number of rotatable bonds is 6. The highest BCUT2D eigenvalue weighted by Crippen LogP contribution is 2.33. The first-order valence-electron chi connectivity index (χ1n) is 9.12. The standard InChI is InChI=1S/C21H16FN3O4S2/c1-29-13-6-7-15-16(8-13)24(10-12-4-2-3-5-14(12)22)18(23-15)9-17-20(28)25(11-19(26)27)21(30)31-17/h2-9H,10-11H2,1H3,(H,26,27)/b17-9-. The van der Waals surface area contributed by atoms with Crippen molar-refractivity contribution >= 4 is 57.3 Å². The van der Waals surface area contributed by atoms with E-state index in [1.54, 1.807) is 54.2 Å². The van der Waals surface area contributed by atoms with Crippen molar-refractivity contribution in [3.05, 3.63) is 64.6 Å². The number of carboxylic acids is 1. The normalized spacial score (nSPS) is 15.3. The van der Waals surface area contributed by atoms with Gasteiger partial charge in [0.1, 0.15) is 28.3 Å². The SMILES string of the molecule is COc1ccc2nc(/C=C3\SC(=S)N(CC(=O)O)C3=O)n(Cc3ccccc3F)c2c1. The van der Waals surface area contributed by atoms with E-state index in [9.17, 15) is 14.0 Å². The molecular weight excluding hydrogens is 441 g/mol. The van der Waals surface area contributed by atoms with Crippen LogP contribution in [0.4, 0.5) is 4.39 Å². The van der Waals surface area contributed by atoms with Crippen molar-refractivity contribution < 1.29 is 23.8 Å². The molecule has 1 aromatic heterocycles. The molecule has 158 valence electrons. The number of aliphatic carboxylic acids is 1. The number of fused-ring (bicyclic) bond motifs is 1. The van der Waals surface area contributed by atoms with Crippen LogP contribution in [0.3, 0.4) is 0 Å². The second kappa shape index (κ2) is 8.48. The number of hydrogen-bond acceptors (Lipinski definition) is 6. The van der Waals surface area contributed by atoms with Crippen molar-refractivity contribution in [2.45, 2.75) is 6.54 Å². The van der Waals surface area contributed by atoms with Gasteiger partial charge in [-0.3, -0.25) is 14.5 Å². The lowest BCUT2D eigenvalue weighted by Gasteiger charge is -2.10. The summed E-state index contributed by atoms with van der Waals surface area (Å²) in [5.41, 5.74) is 1.80. The second-order valence-corrected chi connectivity index (χ2v) is 8.34. The highest BCUT2D eigenvalue weighted by Gasteiger charge is 2.33. The number of aromatic nitrogens is 2. The molecule has 2 aromatic carbocycles. The number of imidazole rings is 1. The molecule has 31 heavy (non-hydrogen) atoms. The Bertz CT molecular complexity index is 1250. The van der Waals surface area contributed by atoms with Crippen LogP contribution in [0, 0.1) is 5.82 Å². The number of amides is 1. The van der Waals surface area contributed by atoms with Crippen molar-refractivity contribution in [2.75, 3.05) is 13.7 Å². The van der Waals surface area contributed by atoms with Crippen LogP contribution in [0.25, 0.3) is 17.1 Å². The van der Waals surface area contributed by atoms with E-state index in [1.165, 1.54) is 6.07 Å². The molecule has 1 amide bonds. The third-order valence-corrected chi connectivity index (χ3v) is 6.08. The van der Waals surface area contributed by atoms with E-state index in [0.29, 0.717) is 28.2 Å². The number of benzene rings is 2. The van der Waals surface area contributed by atoms with Gasteiger partial charge in [0.25, 0.3) is 5.91 Å². The van der Waals surface area contributed by atoms with Gasteiger partial charge >= 0.3 is 5.97 Å². The summed E-state index contributed by atoms with van der Waals surface area (Å²) in [6.07, 6.45) is 1.55. The lowest BCUT2D eigenvalue weighted by molar-refractivity contribution is -0.140. The third kappa shape index (κ3) is 4.17. The van der Waals surface area contributed by atoms with Crippen molar-refractivity contribution in [1.29, 1.82) is 0 Å². The zero-order chi connectivity index (χ0) is 22.1. The summed E-state index contributed by atoms with van der Waals surface area (Å²) in [5.74, 6) is -0.981. The van der Waals surface area contributed by atoms with Crippen LogP contribution in [-0.2, 0) is 16.1 Å². The fourth-order valence-corrected chi connectivity index (χ4v) is 4.43. The Morgan fingerprint density at radius 3 is 2.81 bits per heavy atom. The Balaban J connectivity index is 1.81. The van der Waals surface area contributed by atoms with E-state index in [4.69, 9.17) is 22.1 Å². The minimum Gasteiger partial charge on any atom is -0.497 e. The molecule has 7 nitrogen and oxygen atoms in total. The summed E-state index contributed by atoms with van der Waals surface area (Å²) in [7, 11) is 1.55. The Hall–Kier alpha value is -3.24. The number of nitrogens with zero attached hydrogens (tertiary/aromatic N) is 3. The van der Waals surface area contributed by atoms with Gasteiger partial charge in [-0.15, -0.1) is 0 Å². The van der Waals surface area contributed by atoms with E-state index in [-0.39, 0.29) is 21.6 Å². The van der Waals surface area contributed by atoms with Gasteiger partial charge in [0.15, 0.2) is 0 Å². The number of thiocarbonyl (C=S) groups is 1. The van der Waals surface area contributed by atoms with Crippen LogP contribution >= 0.6 is 24.0 Å². The van der Waals surface area contributed by atoms with Gasteiger partial charge in [-0.25, -0.2) is 9.37 Å². The lowest BCUT2D eigenvalue weighted by Crippen LogP contribution is -2.33. The van der Waals surface area contributed by atoms with Gasteiger partial charge < -0.3 is 14.4 Å². The van der Waals surface area contributed by atoms with Crippen LogP contribution in [-0.4, -0.2) is 49.4 Å². The number of halogens is 1. The summed E-state index contributed by atoms with van der Waals surface area (Å²) >= 11 is 6.16. The molecule has 4 rings (SSSR count). The quantitative estimate of drug-likeness (QED) is 0.448. The molecule has 10 heteroatoms. The lowest BCUT2D eigenvalue weighted by atomic mass is 10.2. The molecule has 0 spiro atoms. The minimum absolute atomic E-state index is 0.164. The molecule has 1 saturated heterocycles. The molecule has 1 fully saturated rings. The third-order valence-electron chi connectivity index (χ3n) is 4.70. The largest absolute Gasteiger partial charge is 0.497 e. The summed E-state index contributed by atoms with van der Waals surface area (Å²) in [6, 6.07) is 11.7.